The zero-order chi connectivity index (χ0) is 19.4. The molecule has 0 spiro atoms. The minimum atomic E-state index is -1.00. The number of imidazole rings is 1. The standard InChI is InChI=1S/C21H20N4O2/c1-3-25(4-2)17-8-5-14(6-9-17)11-16(13-22)20-23-18-10-7-15(21(26)27)12-19(18)24-20/h5-12H,3-4H2,1-2H3,(H,23,24)(H,26,27)/b16-11+. The molecular weight excluding hydrogens is 340 g/mol. The Labute approximate surface area is 157 Å². The number of hydrogen-bond donors (Lipinski definition) is 2. The van der Waals surface area contributed by atoms with Gasteiger partial charge in [-0.2, -0.15) is 5.26 Å². The number of nitrogens with one attached hydrogen (secondary N) is 1. The van der Waals surface area contributed by atoms with Crippen molar-refractivity contribution in [2.24, 2.45) is 0 Å². The molecule has 6 heteroatoms. The maximum Gasteiger partial charge on any atom is 0.335 e. The van der Waals surface area contributed by atoms with Crippen LogP contribution in [-0.2, 0) is 0 Å². The molecule has 2 aromatic carbocycles. The number of rotatable bonds is 6. The van der Waals surface area contributed by atoms with Crippen LogP contribution in [0.1, 0.15) is 35.6 Å². The van der Waals surface area contributed by atoms with Crippen molar-refractivity contribution >= 4 is 34.3 Å². The topological polar surface area (TPSA) is 93.0 Å². The quantitative estimate of drug-likeness (QED) is 0.644. The Morgan fingerprint density at radius 2 is 1.93 bits per heavy atom. The summed E-state index contributed by atoms with van der Waals surface area (Å²) in [7, 11) is 0. The Morgan fingerprint density at radius 3 is 2.52 bits per heavy atom. The third kappa shape index (κ3) is 3.82. The molecule has 0 saturated carbocycles. The molecule has 0 aliphatic carbocycles. The van der Waals surface area contributed by atoms with E-state index in [-0.39, 0.29) is 5.56 Å². The Hall–Kier alpha value is -3.59. The molecule has 136 valence electrons. The van der Waals surface area contributed by atoms with E-state index >= 15 is 0 Å². The van der Waals surface area contributed by atoms with Crippen LogP contribution in [0.3, 0.4) is 0 Å². The van der Waals surface area contributed by atoms with Gasteiger partial charge in [0.15, 0.2) is 0 Å². The molecule has 0 amide bonds. The highest BCUT2D eigenvalue weighted by atomic mass is 16.4. The van der Waals surface area contributed by atoms with Crippen molar-refractivity contribution in [1.29, 1.82) is 5.26 Å². The van der Waals surface area contributed by atoms with Gasteiger partial charge in [-0.15, -0.1) is 0 Å². The number of carbonyl (C=O) groups is 1. The van der Waals surface area contributed by atoms with Crippen molar-refractivity contribution in [2.75, 3.05) is 18.0 Å². The number of hydrogen-bond acceptors (Lipinski definition) is 4. The number of carboxylic acid groups (broad SMARTS) is 1. The molecule has 0 aliphatic rings. The molecule has 1 aromatic heterocycles. The zero-order valence-corrected chi connectivity index (χ0v) is 15.2. The first-order valence-corrected chi connectivity index (χ1v) is 8.76. The molecule has 3 aromatic rings. The normalized spacial score (nSPS) is 11.4. The van der Waals surface area contributed by atoms with E-state index in [0.717, 1.165) is 24.3 Å². The van der Waals surface area contributed by atoms with Gasteiger partial charge in [0.05, 0.1) is 22.2 Å². The van der Waals surface area contributed by atoms with Gasteiger partial charge < -0.3 is 15.0 Å². The van der Waals surface area contributed by atoms with E-state index in [1.165, 1.54) is 12.1 Å². The van der Waals surface area contributed by atoms with E-state index in [9.17, 15) is 10.1 Å². The molecule has 0 unspecified atom stereocenters. The van der Waals surface area contributed by atoms with Crippen LogP contribution in [-0.4, -0.2) is 34.1 Å². The third-order valence-corrected chi connectivity index (χ3v) is 4.44. The summed E-state index contributed by atoms with van der Waals surface area (Å²) in [5.41, 5.74) is 3.80. The fourth-order valence-corrected chi connectivity index (χ4v) is 2.96. The van der Waals surface area contributed by atoms with Crippen molar-refractivity contribution in [2.45, 2.75) is 13.8 Å². The van der Waals surface area contributed by atoms with Crippen LogP contribution < -0.4 is 4.90 Å². The van der Waals surface area contributed by atoms with Crippen molar-refractivity contribution in [3.63, 3.8) is 0 Å². The molecule has 0 radical (unpaired) electrons. The van der Waals surface area contributed by atoms with E-state index in [1.54, 1.807) is 12.1 Å². The Morgan fingerprint density at radius 1 is 1.22 bits per heavy atom. The van der Waals surface area contributed by atoms with Crippen molar-refractivity contribution in [3.05, 3.63) is 59.4 Å². The van der Waals surface area contributed by atoms with Crippen molar-refractivity contribution in [3.8, 4) is 6.07 Å². The molecule has 0 bridgehead atoms. The summed E-state index contributed by atoms with van der Waals surface area (Å²) in [6.07, 6.45) is 1.77. The van der Waals surface area contributed by atoms with E-state index in [4.69, 9.17) is 5.11 Å². The summed E-state index contributed by atoms with van der Waals surface area (Å²) < 4.78 is 0. The highest BCUT2D eigenvalue weighted by molar-refractivity contribution is 5.94. The zero-order valence-electron chi connectivity index (χ0n) is 15.2. The number of nitriles is 1. The minimum absolute atomic E-state index is 0.173. The summed E-state index contributed by atoms with van der Waals surface area (Å²) in [6, 6.07) is 14.8. The van der Waals surface area contributed by atoms with Gasteiger partial charge in [-0.25, -0.2) is 9.78 Å². The van der Waals surface area contributed by atoms with Crippen LogP contribution in [0.2, 0.25) is 0 Å². The lowest BCUT2D eigenvalue weighted by molar-refractivity contribution is 0.0697. The average molecular weight is 360 g/mol. The van der Waals surface area contributed by atoms with E-state index < -0.39 is 5.97 Å². The summed E-state index contributed by atoms with van der Waals surface area (Å²) in [4.78, 5) is 20.8. The van der Waals surface area contributed by atoms with Crippen LogP contribution >= 0.6 is 0 Å². The van der Waals surface area contributed by atoms with E-state index in [0.29, 0.717) is 22.4 Å². The first kappa shape index (κ1) is 18.2. The Kier molecular flexibility index (Phi) is 5.23. The monoisotopic (exact) mass is 360 g/mol. The van der Waals surface area contributed by atoms with Gasteiger partial charge in [-0.3, -0.25) is 0 Å². The SMILES string of the molecule is CCN(CC)c1ccc(/C=C(\C#N)c2nc3ccc(C(=O)O)cc3[nH]2)cc1. The fraction of sp³-hybridized carbons (Fsp3) is 0.190. The van der Waals surface area contributed by atoms with Gasteiger partial charge in [0.25, 0.3) is 0 Å². The maximum absolute atomic E-state index is 11.1. The number of nitrogens with zero attached hydrogens (tertiary/aromatic N) is 3. The molecule has 27 heavy (non-hydrogen) atoms. The van der Waals surface area contributed by atoms with Gasteiger partial charge in [0.2, 0.25) is 0 Å². The molecule has 1 heterocycles. The van der Waals surface area contributed by atoms with Crippen LogP contribution in [0.5, 0.6) is 0 Å². The predicted octanol–water partition coefficient (Wildman–Crippen LogP) is 4.17. The number of aromatic amines is 1. The summed E-state index contributed by atoms with van der Waals surface area (Å²) in [5, 5.41) is 18.6. The predicted molar refractivity (Wildman–Crippen MR) is 107 cm³/mol. The number of carboxylic acids is 1. The van der Waals surface area contributed by atoms with Crippen molar-refractivity contribution < 1.29 is 9.90 Å². The van der Waals surface area contributed by atoms with Gasteiger partial charge in [0, 0.05) is 18.8 Å². The molecule has 0 aliphatic heterocycles. The molecule has 6 nitrogen and oxygen atoms in total. The maximum atomic E-state index is 11.1. The number of anilines is 1. The molecule has 0 atom stereocenters. The number of benzene rings is 2. The average Bonchev–Trinajstić information content (AvgIpc) is 3.11. The number of fused-ring (bicyclic) bond motifs is 1. The van der Waals surface area contributed by atoms with E-state index in [2.05, 4.69) is 34.8 Å². The number of allylic oxidation sites excluding steroid dienone is 1. The largest absolute Gasteiger partial charge is 0.478 e. The van der Waals surface area contributed by atoms with Gasteiger partial charge in [-0.1, -0.05) is 12.1 Å². The minimum Gasteiger partial charge on any atom is -0.478 e. The van der Waals surface area contributed by atoms with Gasteiger partial charge in [-0.05, 0) is 55.8 Å². The van der Waals surface area contributed by atoms with Crippen molar-refractivity contribution in [1.82, 2.24) is 9.97 Å². The van der Waals surface area contributed by atoms with E-state index in [1.807, 2.05) is 24.3 Å². The first-order chi connectivity index (χ1) is 13.0. The smallest absolute Gasteiger partial charge is 0.335 e. The lowest BCUT2D eigenvalue weighted by atomic mass is 10.1. The lowest BCUT2D eigenvalue weighted by Gasteiger charge is -2.20. The molecular formula is C21H20N4O2. The summed E-state index contributed by atoms with van der Waals surface area (Å²) >= 11 is 0. The highest BCUT2D eigenvalue weighted by Crippen LogP contribution is 2.22. The first-order valence-electron chi connectivity index (χ1n) is 8.76. The fourth-order valence-electron chi connectivity index (χ4n) is 2.96. The second kappa shape index (κ2) is 7.75. The van der Waals surface area contributed by atoms with Crippen LogP contribution in [0.25, 0.3) is 22.7 Å². The van der Waals surface area contributed by atoms with Gasteiger partial charge in [0.1, 0.15) is 11.9 Å². The molecule has 0 fully saturated rings. The summed E-state index contributed by atoms with van der Waals surface area (Å²) in [5.74, 6) is -0.583. The second-order valence-corrected chi connectivity index (χ2v) is 6.06. The van der Waals surface area contributed by atoms with Crippen LogP contribution in [0.15, 0.2) is 42.5 Å². The van der Waals surface area contributed by atoms with Gasteiger partial charge >= 0.3 is 5.97 Å². The highest BCUT2D eigenvalue weighted by Gasteiger charge is 2.11. The number of aromatic nitrogens is 2. The molecule has 0 saturated heterocycles. The van der Waals surface area contributed by atoms with Crippen LogP contribution in [0.4, 0.5) is 5.69 Å². The Balaban J connectivity index is 1.93. The Bertz CT molecular complexity index is 1040. The third-order valence-electron chi connectivity index (χ3n) is 4.44. The number of H-pyrrole nitrogens is 1. The summed E-state index contributed by atoms with van der Waals surface area (Å²) in [6.45, 7) is 6.10. The molecule has 2 N–H and O–H groups in total. The van der Waals surface area contributed by atoms with Crippen LogP contribution in [0, 0.1) is 11.3 Å². The number of aromatic carboxylic acids is 1. The molecule has 3 rings (SSSR count). The lowest BCUT2D eigenvalue weighted by Crippen LogP contribution is -2.21. The second-order valence-electron chi connectivity index (χ2n) is 6.06.